The fourth-order valence-electron chi connectivity index (χ4n) is 3.01. The summed E-state index contributed by atoms with van der Waals surface area (Å²) in [5.41, 5.74) is 0. The van der Waals surface area contributed by atoms with Gasteiger partial charge in [-0.3, -0.25) is 0 Å². The summed E-state index contributed by atoms with van der Waals surface area (Å²) in [6, 6.07) is 0. The van der Waals surface area contributed by atoms with Gasteiger partial charge in [0.2, 0.25) is 0 Å². The summed E-state index contributed by atoms with van der Waals surface area (Å²) in [5.74, 6) is -0.913. The Kier molecular flexibility index (Phi) is 23.8. The molecule has 0 aromatic rings. The quantitative estimate of drug-likeness (QED) is 0.278. The first-order chi connectivity index (χ1) is 11.2. The zero-order valence-electron chi connectivity index (χ0n) is 16.8. The van der Waals surface area contributed by atoms with Crippen LogP contribution in [0.1, 0.15) is 104 Å². The Morgan fingerprint density at radius 1 is 0.667 bits per heavy atom. The van der Waals surface area contributed by atoms with Gasteiger partial charge in [0, 0.05) is 5.97 Å². The van der Waals surface area contributed by atoms with Crippen LogP contribution < -0.4 is 34.7 Å². The van der Waals surface area contributed by atoms with E-state index in [9.17, 15) is 9.90 Å². The van der Waals surface area contributed by atoms with Crippen LogP contribution in [0.4, 0.5) is 0 Å². The molecule has 0 amide bonds. The Labute approximate surface area is 173 Å². The van der Waals surface area contributed by atoms with Gasteiger partial charge in [-0.25, -0.2) is 0 Å². The minimum Gasteiger partial charge on any atom is -0.550 e. The van der Waals surface area contributed by atoms with Gasteiger partial charge in [0.25, 0.3) is 0 Å². The largest absolute Gasteiger partial charge is 1.00 e. The summed E-state index contributed by atoms with van der Waals surface area (Å²) in [7, 11) is 0. The van der Waals surface area contributed by atoms with E-state index in [0.717, 1.165) is 26.1 Å². The van der Waals surface area contributed by atoms with E-state index in [0.29, 0.717) is 0 Å². The van der Waals surface area contributed by atoms with Crippen LogP contribution >= 0.6 is 0 Å². The third-order valence-corrected chi connectivity index (χ3v) is 4.51. The Balaban J connectivity index is 0. The Bertz CT molecular complexity index is 246. The van der Waals surface area contributed by atoms with E-state index < -0.39 is 5.97 Å². The van der Waals surface area contributed by atoms with Crippen LogP contribution in [0, 0.1) is 0 Å². The molecule has 0 atom stereocenters. The van der Waals surface area contributed by atoms with Crippen LogP contribution in [0.5, 0.6) is 0 Å². The van der Waals surface area contributed by atoms with Crippen molar-refractivity contribution in [3.63, 3.8) is 0 Å². The van der Waals surface area contributed by atoms with E-state index in [4.69, 9.17) is 0 Å². The average molecular weight is 350 g/mol. The number of hydrogen-bond acceptors (Lipinski definition) is 3. The fourth-order valence-corrected chi connectivity index (χ4v) is 3.01. The number of carboxylic acids is 1. The number of carbonyl (C=O) groups is 1. The van der Waals surface area contributed by atoms with E-state index in [1.165, 1.54) is 77.0 Å². The van der Waals surface area contributed by atoms with Crippen molar-refractivity contribution in [3.05, 3.63) is 0 Å². The normalized spacial score (nSPS) is 10.8. The molecule has 0 saturated heterocycles. The van der Waals surface area contributed by atoms with Crippen molar-refractivity contribution in [2.75, 3.05) is 19.6 Å². The number of carboxylic acid groups (broad SMARTS) is 1. The van der Waals surface area contributed by atoms with Crippen molar-refractivity contribution in [1.29, 1.82) is 0 Å². The first kappa shape index (κ1) is 26.7. The Hall–Kier alpha value is 0.430. The smallest absolute Gasteiger partial charge is 0.550 e. The average Bonchev–Trinajstić information content (AvgIpc) is 2.53. The van der Waals surface area contributed by atoms with Crippen molar-refractivity contribution in [3.8, 4) is 0 Å². The van der Waals surface area contributed by atoms with Crippen molar-refractivity contribution in [1.82, 2.24) is 4.90 Å². The molecule has 0 N–H and O–H groups in total. The molecule has 0 aliphatic carbocycles. The number of nitrogens with zero attached hydrogens (tertiary/aromatic N) is 1. The molecule has 0 bridgehead atoms. The second-order valence-electron chi connectivity index (χ2n) is 6.85. The predicted octanol–water partition coefficient (Wildman–Crippen LogP) is 1.54. The predicted molar refractivity (Wildman–Crippen MR) is 97.4 cm³/mol. The molecule has 0 rings (SSSR count). The molecule has 138 valence electrons. The second-order valence-corrected chi connectivity index (χ2v) is 6.85. The van der Waals surface area contributed by atoms with Gasteiger partial charge in [0.05, 0.1) is 0 Å². The Morgan fingerprint density at radius 2 is 1.04 bits per heavy atom. The standard InChI is InChI=1S/C20H41NO2.Na/c1-3-5-7-9-11-13-17-21(19-15-16-20(22)23)18-14-12-10-8-6-4-2;/h3-19H2,1-2H3,(H,22,23);/q;+1/p-1. The van der Waals surface area contributed by atoms with Crippen LogP contribution in [0.2, 0.25) is 0 Å². The first-order valence-electron chi connectivity index (χ1n) is 10.1. The number of hydrogen-bond donors (Lipinski definition) is 0. The van der Waals surface area contributed by atoms with E-state index >= 15 is 0 Å². The minimum atomic E-state index is -0.913. The monoisotopic (exact) mass is 349 g/mol. The topological polar surface area (TPSA) is 43.4 Å². The minimum absolute atomic E-state index is 0. The van der Waals surface area contributed by atoms with Crippen LogP contribution in [0.3, 0.4) is 0 Å². The van der Waals surface area contributed by atoms with Crippen LogP contribution in [-0.4, -0.2) is 30.5 Å². The van der Waals surface area contributed by atoms with Gasteiger partial charge in [-0.2, -0.15) is 0 Å². The van der Waals surface area contributed by atoms with Crippen molar-refractivity contribution in [2.24, 2.45) is 0 Å². The summed E-state index contributed by atoms with van der Waals surface area (Å²) in [5, 5.41) is 10.6. The maximum atomic E-state index is 10.6. The van der Waals surface area contributed by atoms with Crippen molar-refractivity contribution >= 4 is 5.97 Å². The number of unbranched alkanes of at least 4 members (excludes halogenated alkanes) is 10. The summed E-state index contributed by atoms with van der Waals surface area (Å²) in [4.78, 5) is 13.0. The Morgan fingerprint density at radius 3 is 1.46 bits per heavy atom. The summed E-state index contributed by atoms with van der Waals surface area (Å²) >= 11 is 0. The van der Waals surface area contributed by atoms with E-state index in [1.54, 1.807) is 0 Å². The molecule has 0 aliphatic rings. The van der Waals surface area contributed by atoms with Crippen LogP contribution in [0.15, 0.2) is 0 Å². The molecule has 0 heterocycles. The molecule has 0 fully saturated rings. The number of aliphatic carboxylic acids is 1. The van der Waals surface area contributed by atoms with Crippen molar-refractivity contribution in [2.45, 2.75) is 104 Å². The summed E-state index contributed by atoms with van der Waals surface area (Å²) in [6.45, 7) is 7.68. The van der Waals surface area contributed by atoms with Gasteiger partial charge in [-0.05, 0) is 45.3 Å². The number of carbonyl (C=O) groups excluding carboxylic acids is 1. The van der Waals surface area contributed by atoms with Gasteiger partial charge >= 0.3 is 29.6 Å². The number of rotatable bonds is 18. The molecule has 24 heavy (non-hydrogen) atoms. The zero-order chi connectivity index (χ0) is 17.2. The van der Waals surface area contributed by atoms with Crippen LogP contribution in [0.25, 0.3) is 0 Å². The van der Waals surface area contributed by atoms with E-state index in [-0.39, 0.29) is 36.0 Å². The zero-order valence-corrected chi connectivity index (χ0v) is 18.8. The summed E-state index contributed by atoms with van der Waals surface area (Å²) < 4.78 is 0. The molecule has 0 aliphatic heterocycles. The first-order valence-corrected chi connectivity index (χ1v) is 10.1. The van der Waals surface area contributed by atoms with Gasteiger partial charge in [0.1, 0.15) is 0 Å². The third-order valence-electron chi connectivity index (χ3n) is 4.51. The van der Waals surface area contributed by atoms with Gasteiger partial charge < -0.3 is 14.8 Å². The molecular formula is C20H40NNaO2. The molecule has 4 heteroatoms. The van der Waals surface area contributed by atoms with Crippen LogP contribution in [-0.2, 0) is 4.79 Å². The van der Waals surface area contributed by atoms with Gasteiger partial charge in [-0.1, -0.05) is 78.1 Å². The molecule has 0 radical (unpaired) electrons. The molecule has 0 unspecified atom stereocenters. The van der Waals surface area contributed by atoms with E-state index in [2.05, 4.69) is 18.7 Å². The molecule has 0 aromatic carbocycles. The van der Waals surface area contributed by atoms with E-state index in [1.807, 2.05) is 0 Å². The maximum Gasteiger partial charge on any atom is 1.00 e. The fraction of sp³-hybridized carbons (Fsp3) is 0.950. The molecule has 0 saturated carbocycles. The van der Waals surface area contributed by atoms with Gasteiger partial charge in [-0.15, -0.1) is 0 Å². The van der Waals surface area contributed by atoms with Crippen molar-refractivity contribution < 1.29 is 39.5 Å². The SMILES string of the molecule is CCCCCCCCN(CCCCCCCC)CCCC(=O)[O-].[Na+]. The summed E-state index contributed by atoms with van der Waals surface area (Å²) in [6.07, 6.45) is 16.8. The molecular weight excluding hydrogens is 309 g/mol. The molecule has 3 nitrogen and oxygen atoms in total. The maximum absolute atomic E-state index is 10.6. The molecule has 0 spiro atoms. The second kappa shape index (κ2) is 21.5. The third kappa shape index (κ3) is 20.5. The molecule has 0 aromatic heterocycles. The van der Waals surface area contributed by atoms with Gasteiger partial charge in [0.15, 0.2) is 0 Å².